The zero-order valence-corrected chi connectivity index (χ0v) is 18.5. The number of benzene rings is 1. The lowest BCUT2D eigenvalue weighted by Gasteiger charge is -2.42. The summed E-state index contributed by atoms with van der Waals surface area (Å²) in [4.78, 5) is 13.7. The normalized spacial score (nSPS) is 17.3. The first-order valence-corrected chi connectivity index (χ1v) is 10.2. The molecule has 2 aromatic rings. The summed E-state index contributed by atoms with van der Waals surface area (Å²) in [5.74, 6) is 0. The van der Waals surface area contributed by atoms with Crippen molar-refractivity contribution in [1.29, 1.82) is 0 Å². The van der Waals surface area contributed by atoms with Gasteiger partial charge in [-0.25, -0.2) is 0 Å². The van der Waals surface area contributed by atoms with Crippen LogP contribution in [0.1, 0.15) is 31.2 Å². The average Bonchev–Trinajstić information content (AvgIpc) is 3.04. The maximum atomic E-state index is 11.2. The number of aryl methyl sites for hydroxylation is 2. The Balaban J connectivity index is 0.00000300. The SMILES string of the molecule is Cc1cc(C)n(CCN2CCC(CNc3ccccc3)(OC(C)C=O)CC2)n1.Cl. The zero-order valence-electron chi connectivity index (χ0n) is 17.6. The van der Waals surface area contributed by atoms with E-state index in [0.29, 0.717) is 6.54 Å². The summed E-state index contributed by atoms with van der Waals surface area (Å²) in [5, 5.41) is 8.05. The maximum absolute atomic E-state index is 11.2. The Kier molecular flexibility index (Phi) is 8.68. The van der Waals surface area contributed by atoms with E-state index in [2.05, 4.69) is 45.1 Å². The van der Waals surface area contributed by atoms with Crippen molar-refractivity contribution in [3.05, 3.63) is 47.8 Å². The molecular weight excluding hydrogens is 388 g/mol. The van der Waals surface area contributed by atoms with Crippen molar-refractivity contribution in [1.82, 2.24) is 14.7 Å². The highest BCUT2D eigenvalue weighted by molar-refractivity contribution is 5.85. The summed E-state index contributed by atoms with van der Waals surface area (Å²) >= 11 is 0. The Morgan fingerprint density at radius 2 is 1.90 bits per heavy atom. The molecule has 1 atom stereocenters. The van der Waals surface area contributed by atoms with Crippen molar-refractivity contribution in [3.63, 3.8) is 0 Å². The first-order valence-electron chi connectivity index (χ1n) is 10.2. The molecule has 2 heterocycles. The summed E-state index contributed by atoms with van der Waals surface area (Å²) in [6.45, 7) is 10.5. The van der Waals surface area contributed by atoms with E-state index in [0.717, 1.165) is 56.7 Å². The molecule has 1 aliphatic heterocycles. The van der Waals surface area contributed by atoms with Crippen LogP contribution in [0.25, 0.3) is 0 Å². The van der Waals surface area contributed by atoms with E-state index in [1.165, 1.54) is 5.69 Å². The van der Waals surface area contributed by atoms with Gasteiger partial charge in [0.15, 0.2) is 0 Å². The number of halogens is 1. The van der Waals surface area contributed by atoms with Gasteiger partial charge in [-0.15, -0.1) is 12.4 Å². The number of hydrogen-bond donors (Lipinski definition) is 1. The van der Waals surface area contributed by atoms with Crippen LogP contribution in [-0.2, 0) is 16.1 Å². The van der Waals surface area contributed by atoms with Gasteiger partial charge in [0.2, 0.25) is 0 Å². The number of aromatic nitrogens is 2. The Labute approximate surface area is 180 Å². The molecule has 1 unspecified atom stereocenters. The molecule has 0 radical (unpaired) electrons. The molecule has 1 aromatic heterocycles. The molecule has 29 heavy (non-hydrogen) atoms. The predicted octanol–water partition coefficient (Wildman–Crippen LogP) is 3.47. The van der Waals surface area contributed by atoms with Gasteiger partial charge in [-0.2, -0.15) is 5.10 Å². The van der Waals surface area contributed by atoms with Crippen molar-refractivity contribution >= 4 is 24.4 Å². The minimum atomic E-state index is -0.390. The highest BCUT2D eigenvalue weighted by atomic mass is 35.5. The molecular formula is C22H33ClN4O2. The van der Waals surface area contributed by atoms with Gasteiger partial charge < -0.3 is 19.7 Å². The Hall–Kier alpha value is -1.89. The Morgan fingerprint density at radius 1 is 1.21 bits per heavy atom. The molecule has 1 fully saturated rings. The van der Waals surface area contributed by atoms with E-state index in [-0.39, 0.29) is 24.1 Å². The van der Waals surface area contributed by atoms with Crippen LogP contribution in [-0.4, -0.2) is 58.9 Å². The van der Waals surface area contributed by atoms with E-state index in [1.807, 2.05) is 32.0 Å². The second kappa shape index (κ2) is 10.8. The van der Waals surface area contributed by atoms with Gasteiger partial charge in [-0.1, -0.05) is 18.2 Å². The summed E-state index contributed by atoms with van der Waals surface area (Å²) in [6.07, 6.45) is 2.31. The van der Waals surface area contributed by atoms with Crippen molar-refractivity contribution in [2.75, 3.05) is 31.5 Å². The number of hydrogen-bond acceptors (Lipinski definition) is 5. The molecule has 0 aliphatic carbocycles. The number of anilines is 1. The van der Waals surface area contributed by atoms with Gasteiger partial charge in [0.25, 0.3) is 0 Å². The molecule has 3 rings (SSSR count). The zero-order chi connectivity index (χ0) is 20.0. The molecule has 160 valence electrons. The molecule has 0 saturated carbocycles. The monoisotopic (exact) mass is 420 g/mol. The van der Waals surface area contributed by atoms with Crippen LogP contribution >= 0.6 is 12.4 Å². The molecule has 1 aliphatic rings. The van der Waals surface area contributed by atoms with Gasteiger partial charge in [0.05, 0.1) is 17.8 Å². The number of ether oxygens (including phenoxy) is 1. The molecule has 6 nitrogen and oxygen atoms in total. The number of aldehydes is 1. The van der Waals surface area contributed by atoms with E-state index >= 15 is 0 Å². The first-order chi connectivity index (χ1) is 13.5. The van der Waals surface area contributed by atoms with E-state index in [9.17, 15) is 4.79 Å². The van der Waals surface area contributed by atoms with Crippen LogP contribution in [0.2, 0.25) is 0 Å². The van der Waals surface area contributed by atoms with Crippen LogP contribution in [0.3, 0.4) is 0 Å². The summed E-state index contributed by atoms with van der Waals surface area (Å²) in [7, 11) is 0. The smallest absolute Gasteiger partial charge is 0.148 e. The lowest BCUT2D eigenvalue weighted by atomic mass is 9.90. The minimum Gasteiger partial charge on any atom is -0.382 e. The number of carbonyl (C=O) groups excluding carboxylic acids is 1. The van der Waals surface area contributed by atoms with Gasteiger partial charge >= 0.3 is 0 Å². The number of para-hydroxylation sites is 1. The summed E-state index contributed by atoms with van der Waals surface area (Å²) in [6, 6.07) is 12.3. The van der Waals surface area contributed by atoms with Gasteiger partial charge in [0.1, 0.15) is 12.4 Å². The lowest BCUT2D eigenvalue weighted by molar-refractivity contribution is -0.137. The van der Waals surface area contributed by atoms with E-state index in [4.69, 9.17) is 4.74 Å². The highest BCUT2D eigenvalue weighted by Crippen LogP contribution is 2.28. The fourth-order valence-corrected chi connectivity index (χ4v) is 3.90. The third-order valence-electron chi connectivity index (χ3n) is 5.51. The van der Waals surface area contributed by atoms with E-state index in [1.54, 1.807) is 0 Å². The standard InChI is InChI=1S/C22H32N4O2.ClH/c1-18-15-19(2)26(24-18)14-13-25-11-9-22(10-12-25,28-20(3)16-27)17-23-21-7-5-4-6-8-21;/h4-8,15-16,20,23H,9-14,17H2,1-3H3;1H. The van der Waals surface area contributed by atoms with E-state index < -0.39 is 0 Å². The summed E-state index contributed by atoms with van der Waals surface area (Å²) in [5.41, 5.74) is 3.04. The summed E-state index contributed by atoms with van der Waals surface area (Å²) < 4.78 is 8.29. The number of nitrogens with zero attached hydrogens (tertiary/aromatic N) is 3. The maximum Gasteiger partial charge on any atom is 0.148 e. The number of carbonyl (C=O) groups is 1. The van der Waals surface area contributed by atoms with Gasteiger partial charge in [0, 0.05) is 37.6 Å². The van der Waals surface area contributed by atoms with Crippen LogP contribution in [0, 0.1) is 13.8 Å². The topological polar surface area (TPSA) is 59.4 Å². The van der Waals surface area contributed by atoms with Crippen LogP contribution in [0.15, 0.2) is 36.4 Å². The minimum absolute atomic E-state index is 0. The molecule has 7 heteroatoms. The molecule has 0 bridgehead atoms. The van der Waals surface area contributed by atoms with Crippen molar-refractivity contribution in [3.8, 4) is 0 Å². The molecule has 1 N–H and O–H groups in total. The first kappa shape index (κ1) is 23.4. The van der Waals surface area contributed by atoms with Crippen molar-refractivity contribution in [2.24, 2.45) is 0 Å². The van der Waals surface area contributed by atoms with Crippen LogP contribution in [0.4, 0.5) is 5.69 Å². The highest BCUT2D eigenvalue weighted by Gasteiger charge is 2.36. The fraction of sp³-hybridized carbons (Fsp3) is 0.545. The lowest BCUT2D eigenvalue weighted by Crippen LogP contribution is -2.52. The molecule has 1 aromatic carbocycles. The number of rotatable bonds is 9. The second-order valence-electron chi connectivity index (χ2n) is 7.85. The molecule has 1 saturated heterocycles. The Morgan fingerprint density at radius 3 is 2.48 bits per heavy atom. The van der Waals surface area contributed by atoms with Crippen molar-refractivity contribution < 1.29 is 9.53 Å². The third kappa shape index (κ3) is 6.56. The number of likely N-dealkylation sites (tertiary alicyclic amines) is 1. The molecule has 0 spiro atoms. The third-order valence-corrected chi connectivity index (χ3v) is 5.51. The Bertz CT molecular complexity index is 757. The van der Waals surface area contributed by atoms with Gasteiger partial charge in [-0.05, 0) is 51.8 Å². The number of nitrogens with one attached hydrogen (secondary N) is 1. The van der Waals surface area contributed by atoms with Crippen LogP contribution in [0.5, 0.6) is 0 Å². The molecule has 0 amide bonds. The quantitative estimate of drug-likeness (QED) is 0.629. The number of piperidine rings is 1. The average molecular weight is 421 g/mol. The van der Waals surface area contributed by atoms with Gasteiger partial charge in [-0.3, -0.25) is 4.68 Å². The predicted molar refractivity (Wildman–Crippen MR) is 119 cm³/mol. The van der Waals surface area contributed by atoms with Crippen molar-refractivity contribution in [2.45, 2.75) is 51.9 Å². The second-order valence-corrected chi connectivity index (χ2v) is 7.85. The fourth-order valence-electron chi connectivity index (χ4n) is 3.90. The van der Waals surface area contributed by atoms with Crippen LogP contribution < -0.4 is 5.32 Å². The largest absolute Gasteiger partial charge is 0.382 e.